The van der Waals surface area contributed by atoms with Crippen molar-refractivity contribution >= 4 is 18.6 Å². The molecule has 2 N–H and O–H groups in total. The van der Waals surface area contributed by atoms with Crippen LogP contribution >= 0.6 is 7.60 Å². The molecule has 0 aromatic heterocycles. The first-order chi connectivity index (χ1) is 11.2. The fourth-order valence-electron chi connectivity index (χ4n) is 2.02. The standard InChI is InChI=1S/C18H16NO3P/c19-15-11-13-18(14-12-15)23(20,21-16-7-3-1-4-8-16)22-17-9-5-2-6-10-17/h1-14H,19H2. The summed E-state index contributed by atoms with van der Waals surface area (Å²) in [7, 11) is -3.59. The SMILES string of the molecule is Nc1ccc(P(=O)(Oc2ccccc2)Oc2ccccc2)cc1. The molecule has 0 aliphatic carbocycles. The second kappa shape index (κ2) is 6.59. The number of hydrogen-bond donors (Lipinski definition) is 1. The van der Waals surface area contributed by atoms with Crippen LogP contribution in [0, 0.1) is 0 Å². The van der Waals surface area contributed by atoms with Gasteiger partial charge in [-0.3, -0.25) is 0 Å². The van der Waals surface area contributed by atoms with Crippen molar-refractivity contribution in [2.24, 2.45) is 0 Å². The van der Waals surface area contributed by atoms with Crippen LogP contribution in [0.25, 0.3) is 0 Å². The van der Waals surface area contributed by atoms with Gasteiger partial charge < -0.3 is 14.8 Å². The van der Waals surface area contributed by atoms with Crippen molar-refractivity contribution in [1.29, 1.82) is 0 Å². The van der Waals surface area contributed by atoms with Crippen LogP contribution in [0.2, 0.25) is 0 Å². The third kappa shape index (κ3) is 3.74. The maximum absolute atomic E-state index is 13.4. The van der Waals surface area contributed by atoms with E-state index in [9.17, 15) is 4.57 Å². The van der Waals surface area contributed by atoms with Gasteiger partial charge >= 0.3 is 7.60 Å². The van der Waals surface area contributed by atoms with Crippen LogP contribution in [0.1, 0.15) is 0 Å². The van der Waals surface area contributed by atoms with Crippen molar-refractivity contribution in [3.63, 3.8) is 0 Å². The number of rotatable bonds is 5. The lowest BCUT2D eigenvalue weighted by Crippen LogP contribution is -2.14. The van der Waals surface area contributed by atoms with Gasteiger partial charge in [-0.15, -0.1) is 0 Å². The molecule has 0 bridgehead atoms. The highest BCUT2D eigenvalue weighted by molar-refractivity contribution is 7.63. The average molecular weight is 325 g/mol. The molecule has 3 rings (SSSR count). The number of anilines is 1. The second-order valence-electron chi connectivity index (χ2n) is 4.90. The zero-order chi connectivity index (χ0) is 16.1. The topological polar surface area (TPSA) is 61.6 Å². The Morgan fingerprint density at radius 1 is 0.652 bits per heavy atom. The summed E-state index contributed by atoms with van der Waals surface area (Å²) >= 11 is 0. The molecule has 116 valence electrons. The minimum Gasteiger partial charge on any atom is -0.413 e. The molecule has 0 heterocycles. The molecular weight excluding hydrogens is 309 g/mol. The van der Waals surface area contributed by atoms with Gasteiger partial charge in [0.15, 0.2) is 0 Å². The maximum Gasteiger partial charge on any atom is 0.462 e. The predicted molar refractivity (Wildman–Crippen MR) is 92.2 cm³/mol. The van der Waals surface area contributed by atoms with Crippen LogP contribution in [0.5, 0.6) is 11.5 Å². The Bertz CT molecular complexity index is 759. The molecule has 0 radical (unpaired) electrons. The third-order valence-corrected chi connectivity index (χ3v) is 4.98. The molecule has 0 aliphatic rings. The Morgan fingerprint density at radius 3 is 1.52 bits per heavy atom. The molecule has 3 aromatic rings. The Labute approximate surface area is 135 Å². The van der Waals surface area contributed by atoms with Gasteiger partial charge in [-0.05, 0) is 48.5 Å². The number of nitrogens with two attached hydrogens (primary N) is 1. The minimum atomic E-state index is -3.59. The fourth-order valence-corrected chi connectivity index (χ4v) is 3.58. The number of nitrogen functional groups attached to an aromatic ring is 1. The van der Waals surface area contributed by atoms with E-state index < -0.39 is 7.60 Å². The molecule has 0 atom stereocenters. The first-order valence-electron chi connectivity index (χ1n) is 7.11. The zero-order valence-corrected chi connectivity index (χ0v) is 13.2. The van der Waals surface area contributed by atoms with Crippen LogP contribution in [-0.4, -0.2) is 0 Å². The summed E-state index contributed by atoms with van der Waals surface area (Å²) in [6, 6.07) is 24.6. The molecule has 0 amide bonds. The van der Waals surface area contributed by atoms with Gasteiger partial charge in [0, 0.05) is 5.69 Å². The zero-order valence-electron chi connectivity index (χ0n) is 12.3. The lowest BCUT2D eigenvalue weighted by Gasteiger charge is -2.20. The van der Waals surface area contributed by atoms with Crippen molar-refractivity contribution in [1.82, 2.24) is 0 Å². The third-order valence-electron chi connectivity index (χ3n) is 3.15. The number of para-hydroxylation sites is 2. The monoisotopic (exact) mass is 325 g/mol. The van der Waals surface area contributed by atoms with E-state index in [1.165, 1.54) is 0 Å². The molecule has 0 saturated carbocycles. The molecule has 0 saturated heterocycles. The van der Waals surface area contributed by atoms with E-state index in [4.69, 9.17) is 14.8 Å². The molecule has 0 spiro atoms. The predicted octanol–water partition coefficient (Wildman–Crippen LogP) is 4.25. The van der Waals surface area contributed by atoms with Crippen molar-refractivity contribution in [3.05, 3.63) is 84.9 Å². The van der Waals surface area contributed by atoms with E-state index in [2.05, 4.69) is 0 Å². The van der Waals surface area contributed by atoms with E-state index in [0.717, 1.165) is 0 Å². The Morgan fingerprint density at radius 2 is 1.09 bits per heavy atom. The summed E-state index contributed by atoms with van der Waals surface area (Å²) in [6.07, 6.45) is 0. The van der Waals surface area contributed by atoms with Gasteiger partial charge in [-0.25, -0.2) is 4.57 Å². The van der Waals surface area contributed by atoms with Gasteiger partial charge in [0.1, 0.15) is 11.5 Å². The second-order valence-corrected chi connectivity index (χ2v) is 6.77. The van der Waals surface area contributed by atoms with Crippen LogP contribution in [0.3, 0.4) is 0 Å². The Balaban J connectivity index is 1.98. The van der Waals surface area contributed by atoms with Crippen LogP contribution < -0.4 is 20.1 Å². The van der Waals surface area contributed by atoms with E-state index in [-0.39, 0.29) is 0 Å². The molecule has 5 heteroatoms. The van der Waals surface area contributed by atoms with Crippen LogP contribution in [0.15, 0.2) is 84.9 Å². The minimum absolute atomic E-state index is 0.444. The number of hydrogen-bond acceptors (Lipinski definition) is 4. The Kier molecular flexibility index (Phi) is 4.35. The summed E-state index contributed by atoms with van der Waals surface area (Å²) in [5, 5.41) is 0.444. The summed E-state index contributed by atoms with van der Waals surface area (Å²) < 4.78 is 24.8. The van der Waals surface area contributed by atoms with Crippen molar-refractivity contribution in [2.75, 3.05) is 5.73 Å². The molecule has 23 heavy (non-hydrogen) atoms. The molecule has 0 aliphatic heterocycles. The van der Waals surface area contributed by atoms with Crippen molar-refractivity contribution in [2.45, 2.75) is 0 Å². The van der Waals surface area contributed by atoms with Crippen molar-refractivity contribution in [3.8, 4) is 11.5 Å². The lowest BCUT2D eigenvalue weighted by atomic mass is 10.3. The average Bonchev–Trinajstić information content (AvgIpc) is 2.57. The van der Waals surface area contributed by atoms with E-state index >= 15 is 0 Å². The first-order valence-corrected chi connectivity index (χ1v) is 8.65. The highest BCUT2D eigenvalue weighted by Gasteiger charge is 2.31. The Hall–Kier alpha value is -2.71. The molecular formula is C18H16NO3P. The van der Waals surface area contributed by atoms with Gasteiger partial charge in [-0.2, -0.15) is 0 Å². The van der Waals surface area contributed by atoms with E-state index in [1.54, 1.807) is 48.5 Å². The van der Waals surface area contributed by atoms with E-state index in [1.807, 2.05) is 36.4 Å². The summed E-state index contributed by atoms with van der Waals surface area (Å²) in [5.41, 5.74) is 6.29. The highest BCUT2D eigenvalue weighted by Crippen LogP contribution is 2.47. The van der Waals surface area contributed by atoms with Gasteiger partial charge in [0.05, 0.1) is 5.30 Å². The molecule has 0 fully saturated rings. The molecule has 4 nitrogen and oxygen atoms in total. The maximum atomic E-state index is 13.4. The summed E-state index contributed by atoms with van der Waals surface area (Å²) in [5.74, 6) is 0.951. The van der Waals surface area contributed by atoms with Crippen molar-refractivity contribution < 1.29 is 13.6 Å². The smallest absolute Gasteiger partial charge is 0.413 e. The highest BCUT2D eigenvalue weighted by atomic mass is 31.2. The normalized spacial score (nSPS) is 11.0. The molecule has 3 aromatic carbocycles. The van der Waals surface area contributed by atoms with Crippen LogP contribution in [-0.2, 0) is 4.57 Å². The summed E-state index contributed by atoms with van der Waals surface area (Å²) in [6.45, 7) is 0. The van der Waals surface area contributed by atoms with Gasteiger partial charge in [0.2, 0.25) is 0 Å². The molecule has 0 unspecified atom stereocenters. The summed E-state index contributed by atoms with van der Waals surface area (Å²) in [4.78, 5) is 0. The van der Waals surface area contributed by atoms with Gasteiger partial charge in [0.25, 0.3) is 0 Å². The first kappa shape index (κ1) is 15.2. The van der Waals surface area contributed by atoms with Gasteiger partial charge in [-0.1, -0.05) is 36.4 Å². The number of benzene rings is 3. The largest absolute Gasteiger partial charge is 0.462 e. The van der Waals surface area contributed by atoms with E-state index in [0.29, 0.717) is 22.5 Å². The van der Waals surface area contributed by atoms with Crippen LogP contribution in [0.4, 0.5) is 5.69 Å². The fraction of sp³-hybridized carbons (Fsp3) is 0. The quantitative estimate of drug-likeness (QED) is 0.563. The lowest BCUT2D eigenvalue weighted by molar-refractivity contribution is 0.399.